The third-order valence-corrected chi connectivity index (χ3v) is 8.07. The topological polar surface area (TPSA) is 84.3 Å². The van der Waals surface area contributed by atoms with Crippen LogP contribution >= 0.6 is 23.2 Å². The lowest BCUT2D eigenvalue weighted by atomic mass is 9.91. The Morgan fingerprint density at radius 3 is 2.54 bits per heavy atom. The van der Waals surface area contributed by atoms with E-state index in [1.165, 1.54) is 6.07 Å². The molecule has 0 radical (unpaired) electrons. The second kappa shape index (κ2) is 10.3. The number of halogens is 3. The number of Topliss-reactive ketones (excluding diaryl/α,β-unsaturated/α-hetero) is 1. The zero-order valence-corrected chi connectivity index (χ0v) is 22.4. The van der Waals surface area contributed by atoms with E-state index >= 15 is 0 Å². The van der Waals surface area contributed by atoms with E-state index in [1.54, 1.807) is 29.4 Å². The van der Waals surface area contributed by atoms with Crippen LogP contribution in [0.1, 0.15) is 59.0 Å². The molecule has 0 spiro atoms. The first kappa shape index (κ1) is 25.9. The largest absolute Gasteiger partial charge is 0.343 e. The van der Waals surface area contributed by atoms with Crippen LogP contribution in [0.15, 0.2) is 53.5 Å². The molecule has 10 heteroatoms. The Balaban J connectivity index is 1.11. The first-order chi connectivity index (χ1) is 18.8. The lowest BCUT2D eigenvalue weighted by molar-refractivity contribution is 0.0676. The summed E-state index contributed by atoms with van der Waals surface area (Å²) in [5, 5.41) is 3.35. The molecule has 2 aromatic carbocycles. The zero-order valence-electron chi connectivity index (χ0n) is 20.9. The monoisotopic (exact) mass is 566 g/mol. The number of hydrogen-bond donors (Lipinski definition) is 1. The smallest absolute Gasteiger partial charge is 0.271 e. The van der Waals surface area contributed by atoms with Crippen molar-refractivity contribution in [2.75, 3.05) is 13.1 Å². The van der Waals surface area contributed by atoms with Crippen molar-refractivity contribution in [1.82, 2.24) is 20.0 Å². The van der Waals surface area contributed by atoms with E-state index in [0.717, 1.165) is 29.8 Å². The van der Waals surface area contributed by atoms with Crippen LogP contribution in [0.3, 0.4) is 0 Å². The van der Waals surface area contributed by atoms with Gasteiger partial charge in [-0.1, -0.05) is 29.3 Å². The predicted molar refractivity (Wildman–Crippen MR) is 149 cm³/mol. The summed E-state index contributed by atoms with van der Waals surface area (Å²) in [6, 6.07) is 11.7. The number of ketones is 1. The lowest BCUT2D eigenvalue weighted by Crippen LogP contribution is -2.47. The summed E-state index contributed by atoms with van der Waals surface area (Å²) in [5.74, 6) is -1.07. The number of rotatable bonds is 6. The standard InChI is InChI=1S/C29H25Cl2FN4O3/c30-18-2-6-24-17(12-18)1-5-25(33-24)27(37)11-16-7-9-35(10-8-16)34-29(39)21-15-36(19-3-4-19)26-14-22(31)23(32)13-20(26)28(21)38/h1-2,5-6,12-16,19H,3-4,7-11H2,(H,34,39). The number of carbonyl (C=O) groups is 2. The summed E-state index contributed by atoms with van der Waals surface area (Å²) in [5.41, 5.74) is 3.96. The van der Waals surface area contributed by atoms with Gasteiger partial charge < -0.3 is 4.57 Å². The van der Waals surface area contributed by atoms with Gasteiger partial charge >= 0.3 is 0 Å². The third-order valence-electron chi connectivity index (χ3n) is 7.54. The average Bonchev–Trinajstić information content (AvgIpc) is 3.76. The Morgan fingerprint density at radius 1 is 1.03 bits per heavy atom. The summed E-state index contributed by atoms with van der Waals surface area (Å²) in [6.07, 6.45) is 5.19. The van der Waals surface area contributed by atoms with Crippen LogP contribution in [0.25, 0.3) is 21.8 Å². The molecular formula is C29H25Cl2FN4O3. The highest BCUT2D eigenvalue weighted by atomic mass is 35.5. The number of fused-ring (bicyclic) bond motifs is 2. The van der Waals surface area contributed by atoms with E-state index in [0.29, 0.717) is 48.6 Å². The fourth-order valence-electron chi connectivity index (χ4n) is 5.23. The number of benzene rings is 2. The van der Waals surface area contributed by atoms with Gasteiger partial charge in [0, 0.05) is 47.5 Å². The predicted octanol–water partition coefficient (Wildman–Crippen LogP) is 5.96. The molecule has 2 aromatic heterocycles. The number of amides is 1. The number of nitrogens with zero attached hydrogens (tertiary/aromatic N) is 3. The van der Waals surface area contributed by atoms with Crippen LogP contribution in [-0.2, 0) is 0 Å². The molecule has 2 aliphatic rings. The summed E-state index contributed by atoms with van der Waals surface area (Å²) < 4.78 is 16.0. The first-order valence-electron chi connectivity index (χ1n) is 13.0. The van der Waals surface area contributed by atoms with Gasteiger partial charge in [-0.15, -0.1) is 0 Å². The van der Waals surface area contributed by atoms with Gasteiger partial charge in [-0.3, -0.25) is 19.8 Å². The summed E-state index contributed by atoms with van der Waals surface area (Å²) in [4.78, 5) is 43.7. The third kappa shape index (κ3) is 5.29. The molecule has 200 valence electrons. The van der Waals surface area contributed by atoms with E-state index in [2.05, 4.69) is 10.4 Å². The maximum absolute atomic E-state index is 14.2. The van der Waals surface area contributed by atoms with Crippen LogP contribution in [0.2, 0.25) is 10.0 Å². The van der Waals surface area contributed by atoms with Gasteiger partial charge in [0.05, 0.1) is 16.1 Å². The van der Waals surface area contributed by atoms with E-state index in [4.69, 9.17) is 23.2 Å². The van der Waals surface area contributed by atoms with Crippen molar-refractivity contribution in [1.29, 1.82) is 0 Å². The molecule has 1 saturated carbocycles. The van der Waals surface area contributed by atoms with Crippen molar-refractivity contribution < 1.29 is 14.0 Å². The number of nitrogens with one attached hydrogen (secondary N) is 1. The van der Waals surface area contributed by atoms with Crippen LogP contribution in [0, 0.1) is 11.7 Å². The number of piperidine rings is 1. The minimum atomic E-state index is -0.693. The van der Waals surface area contributed by atoms with Crippen molar-refractivity contribution in [3.8, 4) is 0 Å². The van der Waals surface area contributed by atoms with Gasteiger partial charge in [0.1, 0.15) is 17.1 Å². The summed E-state index contributed by atoms with van der Waals surface area (Å²) in [7, 11) is 0. The van der Waals surface area contributed by atoms with Gasteiger partial charge in [-0.25, -0.2) is 14.4 Å². The Hall–Kier alpha value is -3.33. The van der Waals surface area contributed by atoms with Crippen molar-refractivity contribution in [2.45, 2.75) is 38.1 Å². The fraction of sp³-hybridized carbons (Fsp3) is 0.310. The van der Waals surface area contributed by atoms with Gasteiger partial charge in [0.2, 0.25) is 5.43 Å². The van der Waals surface area contributed by atoms with E-state index in [1.807, 2.05) is 16.7 Å². The molecule has 1 amide bonds. The average molecular weight is 567 g/mol. The Bertz CT molecular complexity index is 1690. The molecule has 1 aliphatic carbocycles. The maximum atomic E-state index is 14.2. The molecule has 1 saturated heterocycles. The van der Waals surface area contributed by atoms with Crippen molar-refractivity contribution >= 4 is 56.7 Å². The summed E-state index contributed by atoms with van der Waals surface area (Å²) in [6.45, 7) is 1.09. The molecule has 6 rings (SSSR count). The van der Waals surface area contributed by atoms with Gasteiger partial charge in [0.25, 0.3) is 5.91 Å². The quantitative estimate of drug-likeness (QED) is 0.291. The second-order valence-electron chi connectivity index (χ2n) is 10.3. The normalized spacial score (nSPS) is 16.6. The van der Waals surface area contributed by atoms with E-state index in [-0.39, 0.29) is 33.7 Å². The van der Waals surface area contributed by atoms with Gasteiger partial charge in [-0.2, -0.15) is 0 Å². The van der Waals surface area contributed by atoms with Crippen LogP contribution in [0.5, 0.6) is 0 Å². The number of pyridine rings is 2. The number of aromatic nitrogens is 2. The van der Waals surface area contributed by atoms with E-state index < -0.39 is 17.2 Å². The molecule has 0 atom stereocenters. The molecule has 7 nitrogen and oxygen atoms in total. The highest BCUT2D eigenvalue weighted by molar-refractivity contribution is 6.31. The fourth-order valence-corrected chi connectivity index (χ4v) is 5.57. The molecule has 0 bridgehead atoms. The van der Waals surface area contributed by atoms with Crippen LogP contribution in [-0.4, -0.2) is 39.3 Å². The Morgan fingerprint density at radius 2 is 1.79 bits per heavy atom. The number of hydrogen-bond acceptors (Lipinski definition) is 5. The Kier molecular flexibility index (Phi) is 6.87. The first-order valence-corrected chi connectivity index (χ1v) is 13.7. The molecule has 39 heavy (non-hydrogen) atoms. The SMILES string of the molecule is O=C(CC1CCN(NC(=O)c2cn(C3CC3)c3cc(Cl)c(F)cc3c2=O)CC1)c1ccc2cc(Cl)ccc2n1. The van der Waals surface area contributed by atoms with Crippen molar-refractivity contribution in [3.05, 3.63) is 86.0 Å². The lowest BCUT2D eigenvalue weighted by Gasteiger charge is -2.31. The highest BCUT2D eigenvalue weighted by Crippen LogP contribution is 2.37. The minimum absolute atomic E-state index is 0.0153. The maximum Gasteiger partial charge on any atom is 0.271 e. The van der Waals surface area contributed by atoms with E-state index in [9.17, 15) is 18.8 Å². The van der Waals surface area contributed by atoms with Gasteiger partial charge in [0.15, 0.2) is 5.78 Å². The second-order valence-corrected chi connectivity index (χ2v) is 11.2. The van der Waals surface area contributed by atoms with Crippen LogP contribution in [0.4, 0.5) is 4.39 Å². The minimum Gasteiger partial charge on any atom is -0.343 e. The molecule has 1 N–H and O–H groups in total. The number of hydrazine groups is 1. The molecular weight excluding hydrogens is 542 g/mol. The molecule has 0 unspecified atom stereocenters. The molecule has 4 aromatic rings. The summed E-state index contributed by atoms with van der Waals surface area (Å²) >= 11 is 12.0. The molecule has 1 aliphatic heterocycles. The zero-order chi connectivity index (χ0) is 27.3. The highest BCUT2D eigenvalue weighted by Gasteiger charge is 2.29. The molecule has 3 heterocycles. The van der Waals surface area contributed by atoms with Crippen LogP contribution < -0.4 is 10.9 Å². The Labute approximate surface area is 233 Å². The van der Waals surface area contributed by atoms with Crippen molar-refractivity contribution in [3.63, 3.8) is 0 Å². The molecule has 2 fully saturated rings. The van der Waals surface area contributed by atoms with Crippen molar-refractivity contribution in [2.24, 2.45) is 5.92 Å². The van der Waals surface area contributed by atoms with Gasteiger partial charge in [-0.05, 0) is 68.0 Å². The number of carbonyl (C=O) groups excluding carboxylic acids is 2.